The van der Waals surface area contributed by atoms with Crippen LogP contribution < -0.4 is 4.74 Å². The van der Waals surface area contributed by atoms with E-state index in [4.69, 9.17) is 9.72 Å². The minimum absolute atomic E-state index is 0.604. The minimum atomic E-state index is -0.837. The van der Waals surface area contributed by atoms with Crippen LogP contribution in [0.15, 0.2) is 48.5 Å². The zero-order valence-electron chi connectivity index (χ0n) is 14.4. The number of carboxylic acids is 1. The summed E-state index contributed by atoms with van der Waals surface area (Å²) < 4.78 is 5.69. The first-order valence-corrected chi connectivity index (χ1v) is 9.50. The zero-order chi connectivity index (χ0) is 18.1. The molecule has 26 heavy (non-hydrogen) atoms. The number of aryl methyl sites for hydroxylation is 1. The highest BCUT2D eigenvalue weighted by atomic mass is 32.1. The highest BCUT2D eigenvalue weighted by Gasteiger charge is 2.24. The topological polar surface area (TPSA) is 59.4 Å². The molecule has 3 aromatic rings. The number of thiazole rings is 1. The number of nitrogens with zero attached hydrogens (tertiary/aromatic N) is 1. The lowest BCUT2D eigenvalue weighted by Gasteiger charge is -2.18. The summed E-state index contributed by atoms with van der Waals surface area (Å²) in [5.74, 6) is -0.519. The van der Waals surface area contributed by atoms with E-state index in [9.17, 15) is 9.90 Å². The van der Waals surface area contributed by atoms with Crippen LogP contribution in [-0.2, 0) is 11.2 Å². The molecule has 2 heterocycles. The Hall–Kier alpha value is -2.66. The summed E-state index contributed by atoms with van der Waals surface area (Å²) in [7, 11) is 0. The maximum Gasteiger partial charge on any atom is 0.311 e. The summed E-state index contributed by atoms with van der Waals surface area (Å²) in [6.07, 6.45) is 1.98. The Bertz CT molecular complexity index is 949. The average molecular weight is 365 g/mol. The Labute approximate surface area is 156 Å². The highest BCUT2D eigenvalue weighted by Crippen LogP contribution is 2.40. The molecule has 0 saturated carbocycles. The van der Waals surface area contributed by atoms with E-state index < -0.39 is 11.9 Å². The molecule has 1 unspecified atom stereocenters. The van der Waals surface area contributed by atoms with Crippen molar-refractivity contribution >= 4 is 17.3 Å². The molecule has 0 aliphatic carbocycles. The van der Waals surface area contributed by atoms with Crippen LogP contribution in [0, 0.1) is 0 Å². The maximum absolute atomic E-state index is 11.6. The number of carbonyl (C=O) groups is 1. The van der Waals surface area contributed by atoms with Gasteiger partial charge in [0.1, 0.15) is 10.8 Å². The van der Waals surface area contributed by atoms with Crippen molar-refractivity contribution in [2.24, 2.45) is 0 Å². The first kappa shape index (κ1) is 16.8. The Morgan fingerprint density at radius 1 is 1.19 bits per heavy atom. The third kappa shape index (κ3) is 3.10. The minimum Gasteiger partial charge on any atom is -0.493 e. The van der Waals surface area contributed by atoms with Crippen LogP contribution in [0.2, 0.25) is 0 Å². The van der Waals surface area contributed by atoms with E-state index in [2.05, 4.69) is 6.07 Å². The highest BCUT2D eigenvalue weighted by molar-refractivity contribution is 7.15. The van der Waals surface area contributed by atoms with Crippen molar-refractivity contribution in [3.05, 3.63) is 59.0 Å². The van der Waals surface area contributed by atoms with Crippen molar-refractivity contribution in [2.45, 2.75) is 25.7 Å². The van der Waals surface area contributed by atoms with Gasteiger partial charge >= 0.3 is 5.97 Å². The van der Waals surface area contributed by atoms with Gasteiger partial charge in [-0.05, 0) is 43.5 Å². The quantitative estimate of drug-likeness (QED) is 0.707. The summed E-state index contributed by atoms with van der Waals surface area (Å²) in [6, 6.07) is 15.9. The van der Waals surface area contributed by atoms with Crippen molar-refractivity contribution in [3.63, 3.8) is 0 Å². The van der Waals surface area contributed by atoms with Gasteiger partial charge in [-0.1, -0.05) is 30.3 Å². The molecule has 1 atom stereocenters. The van der Waals surface area contributed by atoms with Gasteiger partial charge in [0.15, 0.2) is 0 Å². The molecule has 5 heteroatoms. The molecule has 0 bridgehead atoms. The standard InChI is InChI=1S/C21H19NO3S/c1-13(21(23)24)19-18(22-20(26-19)14-6-3-2-4-7-14)16-9-10-17-15(12-16)8-5-11-25-17/h2-4,6-7,9-10,12-13H,5,8,11H2,1H3,(H,23,24). The van der Waals surface area contributed by atoms with Crippen molar-refractivity contribution in [1.82, 2.24) is 4.98 Å². The molecule has 1 aromatic heterocycles. The lowest BCUT2D eigenvalue weighted by molar-refractivity contribution is -0.138. The van der Waals surface area contributed by atoms with Crippen molar-refractivity contribution in [1.29, 1.82) is 0 Å². The molecule has 1 aliphatic heterocycles. The second kappa shape index (κ2) is 6.92. The number of hydrogen-bond acceptors (Lipinski definition) is 4. The van der Waals surface area contributed by atoms with Gasteiger partial charge in [-0.25, -0.2) is 4.98 Å². The van der Waals surface area contributed by atoms with Gasteiger partial charge < -0.3 is 9.84 Å². The fourth-order valence-corrected chi connectivity index (χ4v) is 4.29. The van der Waals surface area contributed by atoms with Crippen LogP contribution in [0.4, 0.5) is 0 Å². The predicted molar refractivity (Wildman–Crippen MR) is 103 cm³/mol. The van der Waals surface area contributed by atoms with E-state index >= 15 is 0 Å². The lowest BCUT2D eigenvalue weighted by Crippen LogP contribution is -2.09. The largest absolute Gasteiger partial charge is 0.493 e. The number of aliphatic carboxylic acids is 1. The van der Waals surface area contributed by atoms with Gasteiger partial charge in [-0.3, -0.25) is 4.79 Å². The molecule has 0 amide bonds. The fraction of sp³-hybridized carbons (Fsp3) is 0.238. The monoisotopic (exact) mass is 365 g/mol. The van der Waals surface area contributed by atoms with Crippen molar-refractivity contribution in [2.75, 3.05) is 6.61 Å². The van der Waals surface area contributed by atoms with E-state index in [0.29, 0.717) is 0 Å². The summed E-state index contributed by atoms with van der Waals surface area (Å²) >= 11 is 1.46. The molecule has 0 radical (unpaired) electrons. The SMILES string of the molecule is CC(C(=O)O)c1sc(-c2ccccc2)nc1-c1ccc2c(c1)CCCO2. The van der Waals surface area contributed by atoms with Gasteiger partial charge in [0.05, 0.1) is 18.2 Å². The smallest absolute Gasteiger partial charge is 0.311 e. The zero-order valence-corrected chi connectivity index (χ0v) is 15.3. The second-order valence-corrected chi connectivity index (χ2v) is 7.46. The number of carboxylic acid groups (broad SMARTS) is 1. The molecule has 4 nitrogen and oxygen atoms in total. The molecule has 0 saturated heterocycles. The van der Waals surface area contributed by atoms with E-state index in [-0.39, 0.29) is 0 Å². The number of ether oxygens (including phenoxy) is 1. The number of fused-ring (bicyclic) bond motifs is 1. The average Bonchev–Trinajstić information content (AvgIpc) is 3.13. The molecule has 1 aliphatic rings. The molecule has 132 valence electrons. The number of benzene rings is 2. The van der Waals surface area contributed by atoms with Gasteiger partial charge in [0.2, 0.25) is 0 Å². The first-order valence-electron chi connectivity index (χ1n) is 8.68. The maximum atomic E-state index is 11.6. The lowest BCUT2D eigenvalue weighted by atomic mass is 9.99. The van der Waals surface area contributed by atoms with Crippen LogP contribution in [0.5, 0.6) is 5.75 Å². The first-order chi connectivity index (χ1) is 12.6. The van der Waals surface area contributed by atoms with Crippen molar-refractivity contribution < 1.29 is 14.6 Å². The van der Waals surface area contributed by atoms with Gasteiger partial charge in [-0.2, -0.15) is 0 Å². The number of aromatic nitrogens is 1. The molecule has 0 fully saturated rings. The molecule has 2 aromatic carbocycles. The van der Waals surface area contributed by atoms with Gasteiger partial charge in [-0.15, -0.1) is 11.3 Å². The third-order valence-electron chi connectivity index (χ3n) is 4.62. The number of rotatable bonds is 4. The second-order valence-electron chi connectivity index (χ2n) is 6.43. The van der Waals surface area contributed by atoms with E-state index in [1.165, 1.54) is 11.3 Å². The summed E-state index contributed by atoms with van der Waals surface area (Å²) in [4.78, 5) is 17.2. The summed E-state index contributed by atoms with van der Waals surface area (Å²) in [5, 5.41) is 10.4. The third-order valence-corrected chi connectivity index (χ3v) is 5.91. The number of hydrogen-bond donors (Lipinski definition) is 1. The molecular formula is C21H19NO3S. The molecule has 0 spiro atoms. The Balaban J connectivity index is 1.84. The summed E-state index contributed by atoms with van der Waals surface area (Å²) in [5.41, 5.74) is 3.88. The predicted octanol–water partition coefficient (Wildman–Crippen LogP) is 4.99. The van der Waals surface area contributed by atoms with Crippen molar-refractivity contribution in [3.8, 4) is 27.6 Å². The van der Waals surface area contributed by atoms with Crippen LogP contribution >= 0.6 is 11.3 Å². The van der Waals surface area contributed by atoms with Crippen LogP contribution in [0.1, 0.15) is 29.7 Å². The fourth-order valence-electron chi connectivity index (χ4n) is 3.16. The van der Waals surface area contributed by atoms with Crippen LogP contribution in [-0.4, -0.2) is 22.7 Å². The van der Waals surface area contributed by atoms with E-state index in [1.54, 1.807) is 6.92 Å². The Kier molecular flexibility index (Phi) is 4.47. The molecular weight excluding hydrogens is 346 g/mol. The normalized spacial score (nSPS) is 14.3. The van der Waals surface area contributed by atoms with Crippen LogP contribution in [0.25, 0.3) is 21.8 Å². The summed E-state index contributed by atoms with van der Waals surface area (Å²) in [6.45, 7) is 2.47. The van der Waals surface area contributed by atoms with Crippen LogP contribution in [0.3, 0.4) is 0 Å². The van der Waals surface area contributed by atoms with E-state index in [1.807, 2.05) is 42.5 Å². The molecule has 1 N–H and O–H groups in total. The molecule has 4 rings (SSSR count). The Morgan fingerprint density at radius 3 is 2.77 bits per heavy atom. The van der Waals surface area contributed by atoms with E-state index in [0.717, 1.165) is 57.5 Å². The van der Waals surface area contributed by atoms with Gasteiger partial charge in [0.25, 0.3) is 0 Å². The van der Waals surface area contributed by atoms with Gasteiger partial charge in [0, 0.05) is 16.0 Å². The Morgan fingerprint density at radius 2 is 2.00 bits per heavy atom.